The highest BCUT2D eigenvalue weighted by molar-refractivity contribution is 5.93. The Kier molecular flexibility index (Phi) is 26.7. The number of carbonyl (C=O) groups excluding carboxylic acids is 5. The van der Waals surface area contributed by atoms with E-state index in [0.717, 1.165) is 13.0 Å². The monoisotopic (exact) mass is 805 g/mol. The minimum absolute atomic E-state index is 0.0213. The first kappa shape index (κ1) is 52.3. The molecule has 26 heteroatoms. The predicted molar refractivity (Wildman–Crippen MR) is 194 cm³/mol. The second kappa shape index (κ2) is 28.6. The van der Waals surface area contributed by atoms with Gasteiger partial charge in [0.25, 0.3) is 0 Å². The molecule has 2 amide bonds. The van der Waals surface area contributed by atoms with Crippen LogP contribution in [0.25, 0.3) is 0 Å². The SMILES string of the molecule is C[C@@H](OC(=O)[C@@H](N)CCCNC(=N)N)[C@H](N)C(=O)O.NC(=O)CC[C@H](N)C(=O)O.NC(=O)C[C@H](N)C(=O)OC(=O)[C@@H]1CCCN1.N[C@@H](Cc1c[nH]cn1)C(=O)O. The van der Waals surface area contributed by atoms with Gasteiger partial charge in [-0.1, -0.05) is 0 Å². The van der Waals surface area contributed by atoms with Crippen LogP contribution in [-0.2, 0) is 54.3 Å². The summed E-state index contributed by atoms with van der Waals surface area (Å²) in [4.78, 5) is 92.2. The average molecular weight is 806 g/mol. The summed E-state index contributed by atoms with van der Waals surface area (Å²) in [5.74, 6) is -7.04. The van der Waals surface area contributed by atoms with E-state index in [2.05, 4.69) is 25.3 Å². The molecular weight excluding hydrogens is 750 g/mol. The van der Waals surface area contributed by atoms with Crippen molar-refractivity contribution in [3.05, 3.63) is 18.2 Å². The Bertz CT molecular complexity index is 1430. The number of amides is 2. The number of nitrogens with zero attached hydrogens (tertiary/aromatic N) is 1. The number of hydrogen-bond acceptors (Lipinski definition) is 18. The molecule has 1 aromatic heterocycles. The molecule has 0 aliphatic carbocycles. The van der Waals surface area contributed by atoms with Crippen LogP contribution in [0.1, 0.15) is 57.6 Å². The van der Waals surface area contributed by atoms with E-state index in [-0.39, 0.29) is 31.6 Å². The van der Waals surface area contributed by atoms with Crippen LogP contribution in [0.15, 0.2) is 12.5 Å². The first-order valence-electron chi connectivity index (χ1n) is 16.8. The van der Waals surface area contributed by atoms with E-state index >= 15 is 0 Å². The molecule has 2 rings (SSSR count). The molecule has 56 heavy (non-hydrogen) atoms. The number of carboxylic acids is 3. The zero-order chi connectivity index (χ0) is 43.5. The van der Waals surface area contributed by atoms with Crippen LogP contribution in [-0.4, -0.2) is 134 Å². The third-order valence-corrected chi connectivity index (χ3v) is 6.99. The van der Waals surface area contributed by atoms with Crippen molar-refractivity contribution in [2.75, 3.05) is 13.1 Å². The van der Waals surface area contributed by atoms with Gasteiger partial charge >= 0.3 is 35.8 Å². The summed E-state index contributed by atoms with van der Waals surface area (Å²) in [6, 6.07) is -5.62. The van der Waals surface area contributed by atoms with Crippen molar-refractivity contribution in [2.45, 2.75) is 101 Å². The van der Waals surface area contributed by atoms with Gasteiger partial charge in [-0.05, 0) is 45.6 Å². The highest BCUT2D eigenvalue weighted by Crippen LogP contribution is 2.07. The number of imidazole rings is 1. The summed E-state index contributed by atoms with van der Waals surface area (Å²) in [5.41, 5.74) is 41.9. The van der Waals surface area contributed by atoms with E-state index in [9.17, 15) is 38.4 Å². The number of aromatic nitrogens is 2. The quantitative estimate of drug-likeness (QED) is 0.0203. The minimum atomic E-state index is -1.28. The lowest BCUT2D eigenvalue weighted by atomic mass is 10.1. The van der Waals surface area contributed by atoms with Crippen LogP contribution in [0, 0.1) is 5.41 Å². The molecule has 2 heterocycles. The van der Waals surface area contributed by atoms with E-state index in [0.29, 0.717) is 31.5 Å². The van der Waals surface area contributed by atoms with Gasteiger partial charge < -0.3 is 86.3 Å². The molecule has 0 aromatic carbocycles. The number of nitrogens with two attached hydrogens (primary N) is 8. The number of rotatable bonds is 19. The molecule has 7 atom stereocenters. The van der Waals surface area contributed by atoms with Crippen LogP contribution in [0.5, 0.6) is 0 Å². The summed E-state index contributed by atoms with van der Waals surface area (Å²) in [7, 11) is 0. The van der Waals surface area contributed by atoms with Gasteiger partial charge in [-0.2, -0.15) is 0 Å². The molecule has 0 spiro atoms. The zero-order valence-corrected chi connectivity index (χ0v) is 30.8. The van der Waals surface area contributed by atoms with Crippen LogP contribution in [0.3, 0.4) is 0 Å². The van der Waals surface area contributed by atoms with E-state index in [1.54, 1.807) is 6.20 Å². The maximum atomic E-state index is 11.5. The Morgan fingerprint density at radius 2 is 1.48 bits per heavy atom. The Morgan fingerprint density at radius 3 is 1.93 bits per heavy atom. The van der Waals surface area contributed by atoms with Gasteiger partial charge in [-0.25, -0.2) is 14.6 Å². The van der Waals surface area contributed by atoms with E-state index in [1.165, 1.54) is 13.3 Å². The topological polar surface area (TPSA) is 500 Å². The smallest absolute Gasteiger partial charge is 0.331 e. The number of hydrogen-bond donors (Lipinski definition) is 15. The van der Waals surface area contributed by atoms with Crippen LogP contribution >= 0.6 is 0 Å². The van der Waals surface area contributed by atoms with Gasteiger partial charge in [0.1, 0.15) is 42.4 Å². The second-order valence-electron chi connectivity index (χ2n) is 11.9. The first-order valence-corrected chi connectivity index (χ1v) is 16.8. The number of aliphatic carboxylic acids is 3. The molecule has 0 saturated carbocycles. The number of primary amides is 2. The van der Waals surface area contributed by atoms with E-state index in [4.69, 9.17) is 71.3 Å². The predicted octanol–water partition coefficient (Wildman–Crippen LogP) is -6.04. The Balaban J connectivity index is 0. The van der Waals surface area contributed by atoms with Crippen molar-refractivity contribution < 1.29 is 63.1 Å². The third-order valence-electron chi connectivity index (χ3n) is 6.99. The lowest BCUT2D eigenvalue weighted by Crippen LogP contribution is -2.45. The third kappa shape index (κ3) is 26.1. The van der Waals surface area contributed by atoms with Crippen LogP contribution < -0.4 is 56.5 Å². The molecule has 1 fully saturated rings. The molecular formula is C30H55N13O13. The number of carbonyl (C=O) groups is 8. The Morgan fingerprint density at radius 1 is 0.875 bits per heavy atom. The summed E-state index contributed by atoms with van der Waals surface area (Å²) in [5, 5.41) is 37.6. The van der Waals surface area contributed by atoms with Gasteiger partial charge in [0.2, 0.25) is 11.8 Å². The molecule has 1 saturated heterocycles. The number of ether oxygens (including phenoxy) is 2. The fraction of sp³-hybridized carbons (Fsp3) is 0.600. The molecule has 0 bridgehead atoms. The minimum Gasteiger partial charge on any atom is -0.480 e. The molecule has 0 radical (unpaired) electrons. The number of nitrogens with one attached hydrogen (secondary N) is 4. The molecule has 1 aromatic rings. The molecule has 0 unspecified atom stereocenters. The summed E-state index contributed by atoms with van der Waals surface area (Å²) < 4.78 is 9.38. The van der Waals surface area contributed by atoms with Crippen molar-refractivity contribution in [3.63, 3.8) is 0 Å². The zero-order valence-electron chi connectivity index (χ0n) is 30.8. The molecule has 1 aliphatic heterocycles. The maximum absolute atomic E-state index is 11.5. The van der Waals surface area contributed by atoms with Gasteiger partial charge in [-0.15, -0.1) is 0 Å². The Labute approximate surface area is 320 Å². The van der Waals surface area contributed by atoms with Crippen molar-refractivity contribution >= 4 is 53.6 Å². The van der Waals surface area contributed by atoms with E-state index < -0.39 is 90.0 Å². The normalized spacial score (nSPS) is 16.0. The van der Waals surface area contributed by atoms with Gasteiger partial charge in [0.15, 0.2) is 5.96 Å². The van der Waals surface area contributed by atoms with Crippen molar-refractivity contribution in [1.82, 2.24) is 20.6 Å². The van der Waals surface area contributed by atoms with Gasteiger partial charge in [0.05, 0.1) is 18.4 Å². The summed E-state index contributed by atoms with van der Waals surface area (Å²) >= 11 is 0. The Hall–Kier alpha value is -5.80. The fourth-order valence-electron chi connectivity index (χ4n) is 3.78. The highest BCUT2D eigenvalue weighted by atomic mass is 16.6. The van der Waals surface area contributed by atoms with Crippen LogP contribution in [0.4, 0.5) is 0 Å². The molecule has 318 valence electrons. The number of guanidine groups is 1. The van der Waals surface area contributed by atoms with Gasteiger partial charge in [-0.3, -0.25) is 34.2 Å². The largest absolute Gasteiger partial charge is 0.480 e. The van der Waals surface area contributed by atoms with Crippen LogP contribution in [0.2, 0.25) is 0 Å². The van der Waals surface area contributed by atoms with Crippen molar-refractivity contribution in [3.8, 4) is 0 Å². The summed E-state index contributed by atoms with van der Waals surface area (Å²) in [6.07, 6.45) is 4.57. The van der Waals surface area contributed by atoms with Crippen molar-refractivity contribution in [2.24, 2.45) is 45.9 Å². The second-order valence-corrected chi connectivity index (χ2v) is 11.9. The number of aromatic amines is 1. The number of H-pyrrole nitrogens is 1. The van der Waals surface area contributed by atoms with E-state index in [1.807, 2.05) is 0 Å². The lowest BCUT2D eigenvalue weighted by molar-refractivity contribution is -0.162. The number of esters is 3. The average Bonchev–Trinajstić information content (AvgIpc) is 3.84. The van der Waals surface area contributed by atoms with Crippen molar-refractivity contribution in [1.29, 1.82) is 5.41 Å². The lowest BCUT2D eigenvalue weighted by Gasteiger charge is -2.19. The molecule has 26 nitrogen and oxygen atoms in total. The molecule has 23 N–H and O–H groups in total. The fourth-order valence-corrected chi connectivity index (χ4v) is 3.78. The standard InChI is InChI=1S/C10H21N5O4.C9H15N3O4.C6H9N3O2.C5H10N2O3/c1-5(7(12)8(16)17)19-9(18)6(11)3-2-4-15-10(13)14;10-5(4-7(11)13)8(14)16-9(15)6-2-1-3-12-6;7-5(6(10)11)1-4-2-8-3-9-4;6-3(5(9)10)1-2-4(7)8/h5-7H,2-4,11-12H2,1H3,(H,16,17)(H4,13,14,15);5-6,12H,1-4,10H2,(H2,11,13);2-3,5H,1,7H2,(H,8,9)(H,10,11);3H,1-2,6H2,(H2,7,8)(H,9,10)/t5-,6+,7+;5-,6-;5-;3-/m1000/s1. The maximum Gasteiger partial charge on any atom is 0.331 e. The number of carboxylic acid groups (broad SMARTS) is 3. The molecule has 1 aliphatic rings. The summed E-state index contributed by atoms with van der Waals surface area (Å²) in [6.45, 7) is 2.53. The van der Waals surface area contributed by atoms with Gasteiger partial charge in [0, 0.05) is 25.6 Å². The first-order chi connectivity index (χ1) is 26.0. The highest BCUT2D eigenvalue weighted by Gasteiger charge is 2.28.